The third kappa shape index (κ3) is 4.74. The molecule has 52 heavy (non-hydrogen) atoms. The SMILES string of the molecule is CCc1cc2c(c3ccccc13)-c1ccc(N(c3ccc(C)cc3)c3ccc4c(c3)C(C)(C)c3cc(CC(C)C)c5ccccc5c3-4)cc1C2(C)C. The Labute approximate surface area is 310 Å². The molecule has 0 saturated carbocycles. The summed E-state index contributed by atoms with van der Waals surface area (Å²) >= 11 is 0. The van der Waals surface area contributed by atoms with Crippen LogP contribution < -0.4 is 4.90 Å². The van der Waals surface area contributed by atoms with E-state index in [0.29, 0.717) is 5.92 Å². The highest BCUT2D eigenvalue weighted by Gasteiger charge is 2.39. The van der Waals surface area contributed by atoms with Crippen molar-refractivity contribution in [3.05, 3.63) is 160 Å². The van der Waals surface area contributed by atoms with Gasteiger partial charge in [-0.25, -0.2) is 0 Å². The van der Waals surface area contributed by atoms with E-state index >= 15 is 0 Å². The molecule has 1 heteroatoms. The van der Waals surface area contributed by atoms with Gasteiger partial charge in [-0.05, 0) is 139 Å². The number of rotatable bonds is 6. The zero-order chi connectivity index (χ0) is 36.1. The summed E-state index contributed by atoms with van der Waals surface area (Å²) in [5.41, 5.74) is 18.7. The molecule has 0 radical (unpaired) electrons. The fourth-order valence-corrected chi connectivity index (χ4v) is 9.61. The van der Waals surface area contributed by atoms with Crippen LogP contribution in [0, 0.1) is 12.8 Å². The Hall–Kier alpha value is -5.14. The quantitative estimate of drug-likeness (QED) is 0.170. The largest absolute Gasteiger partial charge is 0.310 e. The molecule has 7 aromatic rings. The van der Waals surface area contributed by atoms with E-state index in [1.165, 1.54) is 99.8 Å². The zero-order valence-electron chi connectivity index (χ0n) is 32.0. The van der Waals surface area contributed by atoms with E-state index < -0.39 is 0 Å². The van der Waals surface area contributed by atoms with Crippen molar-refractivity contribution in [3.8, 4) is 22.3 Å². The van der Waals surface area contributed by atoms with Crippen LogP contribution in [0.3, 0.4) is 0 Å². The van der Waals surface area contributed by atoms with Crippen LogP contribution in [0.15, 0.2) is 121 Å². The molecule has 258 valence electrons. The van der Waals surface area contributed by atoms with Crippen LogP contribution in [0.1, 0.15) is 87.4 Å². The molecule has 9 rings (SSSR count). The monoisotopic (exact) mass is 675 g/mol. The molecule has 0 atom stereocenters. The molecule has 2 aliphatic rings. The summed E-state index contributed by atoms with van der Waals surface area (Å²) in [6.07, 6.45) is 2.11. The maximum atomic E-state index is 2.53. The Morgan fingerprint density at radius 1 is 0.500 bits per heavy atom. The Balaban J connectivity index is 1.23. The Morgan fingerprint density at radius 2 is 0.942 bits per heavy atom. The van der Waals surface area contributed by atoms with Crippen molar-refractivity contribution in [2.45, 2.75) is 79.1 Å². The van der Waals surface area contributed by atoms with Crippen LogP contribution in [0.2, 0.25) is 0 Å². The highest BCUT2D eigenvalue weighted by molar-refractivity contribution is 6.06. The van der Waals surface area contributed by atoms with Crippen molar-refractivity contribution in [1.82, 2.24) is 0 Å². The average Bonchev–Trinajstić information content (AvgIpc) is 3.51. The van der Waals surface area contributed by atoms with Crippen molar-refractivity contribution in [2.75, 3.05) is 4.90 Å². The fourth-order valence-electron chi connectivity index (χ4n) is 9.61. The summed E-state index contributed by atoms with van der Waals surface area (Å²) in [7, 11) is 0. The van der Waals surface area contributed by atoms with Crippen LogP contribution >= 0.6 is 0 Å². The van der Waals surface area contributed by atoms with Gasteiger partial charge in [0.05, 0.1) is 0 Å². The molecule has 0 N–H and O–H groups in total. The Morgan fingerprint density at radius 3 is 1.42 bits per heavy atom. The van der Waals surface area contributed by atoms with Gasteiger partial charge in [-0.15, -0.1) is 0 Å². The van der Waals surface area contributed by atoms with Crippen LogP contribution in [0.25, 0.3) is 43.8 Å². The first-order valence-corrected chi connectivity index (χ1v) is 19.3. The van der Waals surface area contributed by atoms with Gasteiger partial charge in [0, 0.05) is 27.9 Å². The van der Waals surface area contributed by atoms with Crippen molar-refractivity contribution < 1.29 is 0 Å². The summed E-state index contributed by atoms with van der Waals surface area (Å²) in [5, 5.41) is 5.52. The van der Waals surface area contributed by atoms with Crippen molar-refractivity contribution in [1.29, 1.82) is 0 Å². The summed E-state index contributed by atoms with van der Waals surface area (Å²) in [6.45, 7) is 18.8. The van der Waals surface area contributed by atoms with E-state index in [1.54, 1.807) is 0 Å². The Bertz CT molecular complexity index is 2560. The maximum absolute atomic E-state index is 2.53. The second kappa shape index (κ2) is 11.7. The highest BCUT2D eigenvalue weighted by Crippen LogP contribution is 2.56. The molecule has 0 unspecified atom stereocenters. The predicted octanol–water partition coefficient (Wildman–Crippen LogP) is 14.1. The van der Waals surface area contributed by atoms with Crippen LogP contribution in [-0.2, 0) is 23.7 Å². The lowest BCUT2D eigenvalue weighted by atomic mass is 9.80. The number of anilines is 3. The third-order valence-electron chi connectivity index (χ3n) is 12.3. The molecular formula is C51H49N. The maximum Gasteiger partial charge on any atom is 0.0465 e. The minimum absolute atomic E-state index is 0.121. The molecule has 0 amide bonds. The minimum Gasteiger partial charge on any atom is -0.310 e. The normalized spacial score (nSPS) is 14.8. The van der Waals surface area contributed by atoms with E-state index in [2.05, 4.69) is 182 Å². The molecule has 2 aliphatic carbocycles. The van der Waals surface area contributed by atoms with Crippen LogP contribution in [0.4, 0.5) is 17.1 Å². The lowest BCUT2D eigenvalue weighted by Gasteiger charge is -2.30. The number of benzene rings is 7. The number of hydrogen-bond acceptors (Lipinski definition) is 1. The van der Waals surface area contributed by atoms with E-state index in [0.717, 1.165) is 12.8 Å². The molecule has 0 aromatic heterocycles. The minimum atomic E-state index is -0.130. The summed E-state index contributed by atoms with van der Waals surface area (Å²) < 4.78 is 0. The lowest BCUT2D eigenvalue weighted by Crippen LogP contribution is -2.18. The zero-order valence-corrected chi connectivity index (χ0v) is 32.0. The van der Waals surface area contributed by atoms with Crippen LogP contribution in [0.5, 0.6) is 0 Å². The molecule has 0 bridgehead atoms. The molecule has 0 saturated heterocycles. The topological polar surface area (TPSA) is 3.24 Å². The molecule has 0 fully saturated rings. The van der Waals surface area contributed by atoms with Gasteiger partial charge >= 0.3 is 0 Å². The van der Waals surface area contributed by atoms with Crippen molar-refractivity contribution >= 4 is 38.6 Å². The summed E-state index contributed by atoms with van der Waals surface area (Å²) in [6, 6.07) is 46.6. The van der Waals surface area contributed by atoms with E-state index in [-0.39, 0.29) is 10.8 Å². The smallest absolute Gasteiger partial charge is 0.0465 e. The molecule has 0 aliphatic heterocycles. The standard InChI is InChI=1S/C51H49N/c1-9-33-27-46-48(40-16-12-10-14-38(33)40)42-24-22-36(29-44(42)50(46,5)6)52(35-20-18-32(4)19-21-35)37-23-25-43-45(30-37)51(7,8)47-28-34(26-31(2)3)39-15-11-13-17-41(39)49(43)47/h10-25,27-31H,9,26H2,1-8H3. The predicted molar refractivity (Wildman–Crippen MR) is 224 cm³/mol. The molecule has 1 nitrogen and oxygen atoms in total. The van der Waals surface area contributed by atoms with Gasteiger partial charge < -0.3 is 4.90 Å². The molecular weight excluding hydrogens is 627 g/mol. The van der Waals surface area contributed by atoms with Crippen LogP contribution in [-0.4, -0.2) is 0 Å². The number of fused-ring (bicyclic) bond motifs is 10. The number of aryl methyl sites for hydroxylation is 2. The number of nitrogens with zero attached hydrogens (tertiary/aromatic N) is 1. The second-order valence-corrected chi connectivity index (χ2v) is 16.8. The van der Waals surface area contributed by atoms with Crippen molar-refractivity contribution in [2.24, 2.45) is 5.92 Å². The first-order chi connectivity index (χ1) is 25.0. The van der Waals surface area contributed by atoms with Gasteiger partial charge in [0.1, 0.15) is 0 Å². The molecule has 0 heterocycles. The third-order valence-corrected chi connectivity index (χ3v) is 12.3. The number of hydrogen-bond donors (Lipinski definition) is 0. The highest BCUT2D eigenvalue weighted by atomic mass is 15.1. The average molecular weight is 676 g/mol. The van der Waals surface area contributed by atoms with E-state index in [4.69, 9.17) is 0 Å². The van der Waals surface area contributed by atoms with Gasteiger partial charge in [-0.3, -0.25) is 0 Å². The van der Waals surface area contributed by atoms with Gasteiger partial charge in [0.25, 0.3) is 0 Å². The van der Waals surface area contributed by atoms with Gasteiger partial charge in [0.15, 0.2) is 0 Å². The summed E-state index contributed by atoms with van der Waals surface area (Å²) in [4.78, 5) is 2.48. The van der Waals surface area contributed by atoms with Gasteiger partial charge in [-0.2, -0.15) is 0 Å². The second-order valence-electron chi connectivity index (χ2n) is 16.8. The first kappa shape index (κ1) is 32.7. The Kier molecular flexibility index (Phi) is 7.36. The lowest BCUT2D eigenvalue weighted by molar-refractivity contribution is 0.640. The van der Waals surface area contributed by atoms with E-state index in [1.807, 2.05) is 0 Å². The summed E-state index contributed by atoms with van der Waals surface area (Å²) in [5.74, 6) is 0.598. The first-order valence-electron chi connectivity index (χ1n) is 19.3. The van der Waals surface area contributed by atoms with E-state index in [9.17, 15) is 0 Å². The fraction of sp³-hybridized carbons (Fsp3) is 0.255. The van der Waals surface area contributed by atoms with Crippen molar-refractivity contribution in [3.63, 3.8) is 0 Å². The molecule has 7 aromatic carbocycles. The molecule has 0 spiro atoms. The van der Waals surface area contributed by atoms with Gasteiger partial charge in [0.2, 0.25) is 0 Å². The van der Waals surface area contributed by atoms with Gasteiger partial charge in [-0.1, -0.05) is 139 Å².